The van der Waals surface area contributed by atoms with Gasteiger partial charge in [-0.1, -0.05) is 12.1 Å². The first-order chi connectivity index (χ1) is 11.4. The van der Waals surface area contributed by atoms with E-state index in [1.807, 2.05) is 28.2 Å². The zero-order valence-corrected chi connectivity index (χ0v) is 13.6. The van der Waals surface area contributed by atoms with Gasteiger partial charge in [-0.15, -0.1) is 0 Å². The number of para-hydroxylation sites is 2. The van der Waals surface area contributed by atoms with E-state index in [0.717, 1.165) is 11.0 Å². The highest BCUT2D eigenvalue weighted by Crippen LogP contribution is 2.27. The van der Waals surface area contributed by atoms with Crippen molar-refractivity contribution in [2.75, 3.05) is 6.61 Å². The van der Waals surface area contributed by atoms with Gasteiger partial charge < -0.3 is 4.74 Å². The summed E-state index contributed by atoms with van der Waals surface area (Å²) in [4.78, 5) is 8.55. The van der Waals surface area contributed by atoms with Crippen molar-refractivity contribution in [1.82, 2.24) is 13.9 Å². The fourth-order valence-electron chi connectivity index (χ4n) is 2.19. The lowest BCUT2D eigenvalue weighted by Crippen LogP contribution is -2.19. The predicted molar refractivity (Wildman–Crippen MR) is 87.0 cm³/mol. The van der Waals surface area contributed by atoms with Gasteiger partial charge in [0, 0.05) is 11.8 Å². The molecule has 2 heterocycles. The molecule has 0 amide bonds. The van der Waals surface area contributed by atoms with E-state index in [0.29, 0.717) is 17.0 Å². The number of pyridine rings is 1. The molecule has 0 fully saturated rings. The number of fused-ring (bicyclic) bond motifs is 1. The van der Waals surface area contributed by atoms with Crippen LogP contribution >= 0.6 is 11.9 Å². The second-order valence-electron chi connectivity index (χ2n) is 5.12. The molecule has 0 radical (unpaired) electrons. The van der Waals surface area contributed by atoms with Crippen LogP contribution < -0.4 is 4.74 Å². The van der Waals surface area contributed by atoms with Crippen molar-refractivity contribution in [3.63, 3.8) is 0 Å². The summed E-state index contributed by atoms with van der Waals surface area (Å²) in [7, 11) is 0. The van der Waals surface area contributed by atoms with Gasteiger partial charge in [0.2, 0.25) is 0 Å². The fraction of sp³-hybridized carbons (Fsp3) is 0.250. The van der Waals surface area contributed by atoms with E-state index < -0.39 is 12.8 Å². The summed E-state index contributed by atoms with van der Waals surface area (Å²) in [6.45, 7) is 0.400. The molecule has 0 bridgehead atoms. The Balaban J connectivity index is 1.73. The van der Waals surface area contributed by atoms with E-state index in [-0.39, 0.29) is 5.75 Å². The molecular formula is C16H14F3N3OS. The van der Waals surface area contributed by atoms with E-state index in [2.05, 4.69) is 9.97 Å². The van der Waals surface area contributed by atoms with Crippen LogP contribution in [0.15, 0.2) is 42.9 Å². The van der Waals surface area contributed by atoms with Gasteiger partial charge in [-0.05, 0) is 37.1 Å². The maximum atomic E-state index is 12.3. The maximum absolute atomic E-state index is 12.3. The molecule has 126 valence electrons. The third-order valence-corrected chi connectivity index (χ3v) is 4.38. The monoisotopic (exact) mass is 353 g/mol. The summed E-state index contributed by atoms with van der Waals surface area (Å²) in [5, 5.41) is 0. The zero-order valence-electron chi connectivity index (χ0n) is 12.7. The number of ether oxygens (including phenoxy) is 1. The van der Waals surface area contributed by atoms with Crippen molar-refractivity contribution in [2.45, 2.75) is 18.9 Å². The first-order valence-corrected chi connectivity index (χ1v) is 8.08. The molecule has 4 nitrogen and oxygen atoms in total. The quantitative estimate of drug-likeness (QED) is 0.683. The SMILES string of the molecule is Cc1c(OCC(F)(F)F)ccnc1CSn1cnc2ccccc21. The number of imidazole rings is 1. The number of nitrogens with zero attached hydrogens (tertiary/aromatic N) is 3. The minimum Gasteiger partial charge on any atom is -0.484 e. The van der Waals surface area contributed by atoms with Crippen LogP contribution in [0.5, 0.6) is 5.75 Å². The van der Waals surface area contributed by atoms with E-state index in [1.165, 1.54) is 24.2 Å². The first-order valence-electron chi connectivity index (χ1n) is 7.13. The summed E-state index contributed by atoms with van der Waals surface area (Å²) >= 11 is 1.47. The zero-order chi connectivity index (χ0) is 17.2. The molecule has 0 aliphatic carbocycles. The number of hydrogen-bond donors (Lipinski definition) is 0. The van der Waals surface area contributed by atoms with Crippen LogP contribution in [0, 0.1) is 6.92 Å². The summed E-state index contributed by atoms with van der Waals surface area (Å²) in [5.41, 5.74) is 3.15. The molecule has 0 atom stereocenters. The Morgan fingerprint density at radius 3 is 2.75 bits per heavy atom. The average molecular weight is 353 g/mol. The Kier molecular flexibility index (Phi) is 4.66. The van der Waals surface area contributed by atoms with Crippen LogP contribution in [0.1, 0.15) is 11.3 Å². The standard InChI is InChI=1S/C16H14F3N3OS/c1-11-13(20-7-6-15(11)23-9-16(17,18)19)8-24-22-10-21-12-4-2-3-5-14(12)22/h2-7,10H,8-9H2,1H3. The van der Waals surface area contributed by atoms with Crippen molar-refractivity contribution in [3.05, 3.63) is 54.1 Å². The van der Waals surface area contributed by atoms with E-state index in [4.69, 9.17) is 4.74 Å². The van der Waals surface area contributed by atoms with Crippen LogP contribution in [0.2, 0.25) is 0 Å². The summed E-state index contributed by atoms with van der Waals surface area (Å²) in [6.07, 6.45) is -1.18. The number of alkyl halides is 3. The highest BCUT2D eigenvalue weighted by atomic mass is 32.2. The van der Waals surface area contributed by atoms with Crippen LogP contribution in [-0.2, 0) is 5.75 Å². The molecule has 0 unspecified atom stereocenters. The highest BCUT2D eigenvalue weighted by Gasteiger charge is 2.28. The normalized spacial score (nSPS) is 11.8. The van der Waals surface area contributed by atoms with Gasteiger partial charge in [-0.2, -0.15) is 13.2 Å². The van der Waals surface area contributed by atoms with Crippen molar-refractivity contribution in [3.8, 4) is 5.75 Å². The van der Waals surface area contributed by atoms with Gasteiger partial charge in [0.15, 0.2) is 6.61 Å². The smallest absolute Gasteiger partial charge is 0.422 e. The Morgan fingerprint density at radius 2 is 1.96 bits per heavy atom. The summed E-state index contributed by atoms with van der Waals surface area (Å²) in [6, 6.07) is 9.16. The number of benzene rings is 1. The van der Waals surface area contributed by atoms with E-state index >= 15 is 0 Å². The van der Waals surface area contributed by atoms with Gasteiger partial charge in [-0.3, -0.25) is 8.96 Å². The number of rotatable bonds is 5. The van der Waals surface area contributed by atoms with Crippen molar-refractivity contribution in [2.24, 2.45) is 0 Å². The molecule has 1 aromatic carbocycles. The average Bonchev–Trinajstić information content (AvgIpc) is 2.95. The van der Waals surface area contributed by atoms with E-state index in [1.54, 1.807) is 13.3 Å². The topological polar surface area (TPSA) is 39.9 Å². The second-order valence-corrected chi connectivity index (χ2v) is 6.06. The summed E-state index contributed by atoms with van der Waals surface area (Å²) in [5.74, 6) is 0.698. The van der Waals surface area contributed by atoms with Gasteiger partial charge in [0.1, 0.15) is 12.1 Å². The first kappa shape index (κ1) is 16.6. The molecule has 3 aromatic rings. The number of aromatic nitrogens is 3. The molecule has 0 saturated carbocycles. The largest absolute Gasteiger partial charge is 0.484 e. The third kappa shape index (κ3) is 3.81. The van der Waals surface area contributed by atoms with Crippen LogP contribution in [-0.4, -0.2) is 26.7 Å². The van der Waals surface area contributed by atoms with Crippen molar-refractivity contribution < 1.29 is 17.9 Å². The molecule has 2 aromatic heterocycles. The number of hydrogen-bond acceptors (Lipinski definition) is 4. The predicted octanol–water partition coefficient (Wildman–Crippen LogP) is 4.38. The van der Waals surface area contributed by atoms with Gasteiger partial charge in [-0.25, -0.2) is 4.98 Å². The van der Waals surface area contributed by atoms with Gasteiger partial charge in [0.05, 0.1) is 22.5 Å². The fourth-order valence-corrected chi connectivity index (χ4v) is 3.15. The molecule has 24 heavy (non-hydrogen) atoms. The molecular weight excluding hydrogens is 339 g/mol. The Bertz CT molecular complexity index is 848. The maximum Gasteiger partial charge on any atom is 0.422 e. The van der Waals surface area contributed by atoms with Gasteiger partial charge in [0.25, 0.3) is 0 Å². The molecule has 0 aliphatic rings. The lowest BCUT2D eigenvalue weighted by Gasteiger charge is -2.13. The lowest BCUT2D eigenvalue weighted by molar-refractivity contribution is -0.153. The molecule has 0 spiro atoms. The molecule has 3 rings (SSSR count). The minimum atomic E-state index is -4.36. The molecule has 8 heteroatoms. The molecule has 0 saturated heterocycles. The van der Waals surface area contributed by atoms with Crippen molar-refractivity contribution in [1.29, 1.82) is 0 Å². The van der Waals surface area contributed by atoms with E-state index in [9.17, 15) is 13.2 Å². The van der Waals surface area contributed by atoms with Gasteiger partial charge >= 0.3 is 6.18 Å². The molecule has 0 N–H and O–H groups in total. The third-order valence-electron chi connectivity index (χ3n) is 3.41. The van der Waals surface area contributed by atoms with Crippen LogP contribution in [0.25, 0.3) is 11.0 Å². The Hall–Kier alpha value is -2.22. The molecule has 0 aliphatic heterocycles. The highest BCUT2D eigenvalue weighted by molar-refractivity contribution is 7.97. The van der Waals surface area contributed by atoms with Crippen molar-refractivity contribution >= 4 is 23.0 Å². The Labute approximate surface area is 140 Å². The minimum absolute atomic E-state index is 0.202. The lowest BCUT2D eigenvalue weighted by atomic mass is 10.2. The number of halogens is 3. The second kappa shape index (κ2) is 6.72. The Morgan fingerprint density at radius 1 is 1.17 bits per heavy atom. The summed E-state index contributed by atoms with van der Waals surface area (Å²) < 4.78 is 43.7. The van der Waals surface area contributed by atoms with Crippen LogP contribution in [0.4, 0.5) is 13.2 Å². The van der Waals surface area contributed by atoms with Crippen LogP contribution in [0.3, 0.4) is 0 Å².